The predicted octanol–water partition coefficient (Wildman–Crippen LogP) is 1.51. The Morgan fingerprint density at radius 1 is 1.31 bits per heavy atom. The number of furan rings is 1. The Bertz CT molecular complexity index is 944. The predicted molar refractivity (Wildman–Crippen MR) is 99.4 cm³/mol. The Morgan fingerprint density at radius 2 is 2.10 bits per heavy atom. The minimum atomic E-state index is -0.859. The van der Waals surface area contributed by atoms with Crippen LogP contribution in [0.2, 0.25) is 0 Å². The van der Waals surface area contributed by atoms with Crippen molar-refractivity contribution in [1.29, 1.82) is 0 Å². The summed E-state index contributed by atoms with van der Waals surface area (Å²) in [4.78, 5) is 36.9. The molecule has 1 aliphatic heterocycles. The molecule has 3 rings (SSSR count). The van der Waals surface area contributed by atoms with E-state index >= 15 is 0 Å². The fourth-order valence-electron chi connectivity index (χ4n) is 3.01. The second-order valence-electron chi connectivity index (χ2n) is 6.41. The number of aryl methyl sites for hydroxylation is 2. The van der Waals surface area contributed by atoms with Crippen LogP contribution in [0.15, 0.2) is 40.1 Å². The summed E-state index contributed by atoms with van der Waals surface area (Å²) >= 11 is 0. The van der Waals surface area contributed by atoms with Crippen LogP contribution < -0.4 is 10.6 Å². The molecule has 0 bridgehead atoms. The van der Waals surface area contributed by atoms with Gasteiger partial charge in [-0.3, -0.25) is 9.48 Å². The molecule has 0 aromatic carbocycles. The van der Waals surface area contributed by atoms with E-state index in [1.54, 1.807) is 19.1 Å². The van der Waals surface area contributed by atoms with Gasteiger partial charge in [0.2, 0.25) is 0 Å². The van der Waals surface area contributed by atoms with E-state index in [1.165, 1.54) is 10.9 Å². The zero-order chi connectivity index (χ0) is 21.0. The van der Waals surface area contributed by atoms with Crippen LogP contribution >= 0.6 is 0 Å². The number of nitrogens with zero attached hydrogens (tertiary/aromatic N) is 2. The molecular formula is C19H22N4O6. The average molecular weight is 402 g/mol. The second kappa shape index (κ2) is 8.63. The van der Waals surface area contributed by atoms with Gasteiger partial charge in [-0.05, 0) is 39.0 Å². The summed E-state index contributed by atoms with van der Waals surface area (Å²) in [5.74, 6) is -0.852. The standard InChI is InChI=1S/C19H22N4O6/c1-4-27-18(25)16-13(20-19(26)21-17(16)14-6-5-7-28-14)10-29-15(24)9-23-12(3)8-11(2)22-23/h5-8,17H,4,9-10H2,1-3H3,(H2,20,21,26). The number of aromatic nitrogens is 2. The van der Waals surface area contributed by atoms with Crippen molar-refractivity contribution in [2.24, 2.45) is 0 Å². The maximum Gasteiger partial charge on any atom is 0.338 e. The van der Waals surface area contributed by atoms with E-state index in [4.69, 9.17) is 13.9 Å². The Labute approximate surface area is 166 Å². The molecule has 0 aliphatic carbocycles. The Balaban J connectivity index is 1.81. The lowest BCUT2D eigenvalue weighted by atomic mass is 10.0. The fourth-order valence-corrected chi connectivity index (χ4v) is 3.01. The van der Waals surface area contributed by atoms with E-state index in [-0.39, 0.29) is 31.0 Å². The topological polar surface area (TPSA) is 125 Å². The van der Waals surface area contributed by atoms with Gasteiger partial charge in [0.1, 0.15) is 25.0 Å². The highest BCUT2D eigenvalue weighted by atomic mass is 16.5. The lowest BCUT2D eigenvalue weighted by Gasteiger charge is -2.27. The van der Waals surface area contributed by atoms with Gasteiger partial charge >= 0.3 is 18.0 Å². The van der Waals surface area contributed by atoms with Crippen molar-refractivity contribution >= 4 is 18.0 Å². The SMILES string of the molecule is CCOC(=O)C1=C(COC(=O)Cn2nc(C)cc2C)NC(=O)NC1c1ccco1. The normalized spacial score (nSPS) is 16.2. The molecule has 2 amide bonds. The molecule has 10 nitrogen and oxygen atoms in total. The number of hydrogen-bond acceptors (Lipinski definition) is 7. The minimum absolute atomic E-state index is 0.0878. The number of nitrogens with one attached hydrogen (secondary N) is 2. The maximum absolute atomic E-state index is 12.5. The van der Waals surface area contributed by atoms with Crippen molar-refractivity contribution in [3.8, 4) is 0 Å². The van der Waals surface area contributed by atoms with Crippen LogP contribution in [0.3, 0.4) is 0 Å². The first-order valence-electron chi connectivity index (χ1n) is 9.06. The van der Waals surface area contributed by atoms with Crippen LogP contribution in [0.5, 0.6) is 0 Å². The lowest BCUT2D eigenvalue weighted by molar-refractivity contribution is -0.144. The van der Waals surface area contributed by atoms with Crippen molar-refractivity contribution in [3.63, 3.8) is 0 Å². The third-order valence-corrected chi connectivity index (χ3v) is 4.24. The summed E-state index contributed by atoms with van der Waals surface area (Å²) < 4.78 is 17.3. The van der Waals surface area contributed by atoms with E-state index in [0.717, 1.165) is 11.4 Å². The number of esters is 2. The Hall–Kier alpha value is -3.56. The number of urea groups is 1. The molecule has 10 heteroatoms. The lowest BCUT2D eigenvalue weighted by Crippen LogP contribution is -2.47. The van der Waals surface area contributed by atoms with Gasteiger partial charge in [-0.25, -0.2) is 9.59 Å². The van der Waals surface area contributed by atoms with Gasteiger partial charge in [0.05, 0.1) is 29.8 Å². The van der Waals surface area contributed by atoms with Crippen molar-refractivity contribution in [2.75, 3.05) is 13.2 Å². The summed E-state index contributed by atoms with van der Waals surface area (Å²) in [5.41, 5.74) is 1.85. The molecule has 0 saturated carbocycles. The van der Waals surface area contributed by atoms with Gasteiger partial charge in [-0.15, -0.1) is 0 Å². The molecule has 154 valence electrons. The van der Waals surface area contributed by atoms with Crippen molar-refractivity contribution in [3.05, 3.63) is 52.9 Å². The molecule has 2 aromatic heterocycles. The minimum Gasteiger partial charge on any atom is -0.467 e. The molecule has 0 fully saturated rings. The summed E-state index contributed by atoms with van der Waals surface area (Å²) in [6.07, 6.45) is 1.43. The van der Waals surface area contributed by atoms with E-state index in [1.807, 2.05) is 19.9 Å². The molecule has 2 N–H and O–H groups in total. The van der Waals surface area contributed by atoms with Gasteiger partial charge in [0.15, 0.2) is 0 Å². The van der Waals surface area contributed by atoms with Crippen LogP contribution in [-0.4, -0.2) is 41.0 Å². The Morgan fingerprint density at radius 3 is 2.72 bits per heavy atom. The highest BCUT2D eigenvalue weighted by molar-refractivity contribution is 5.95. The Kier molecular flexibility index (Phi) is 6.01. The number of carbonyl (C=O) groups is 3. The quantitative estimate of drug-likeness (QED) is 0.673. The van der Waals surface area contributed by atoms with Crippen molar-refractivity contribution in [2.45, 2.75) is 33.4 Å². The van der Waals surface area contributed by atoms with Crippen molar-refractivity contribution in [1.82, 2.24) is 20.4 Å². The molecule has 2 aromatic rings. The largest absolute Gasteiger partial charge is 0.467 e. The van der Waals surface area contributed by atoms with Crippen LogP contribution in [0, 0.1) is 13.8 Å². The first-order valence-corrected chi connectivity index (χ1v) is 9.06. The zero-order valence-corrected chi connectivity index (χ0v) is 16.4. The van der Waals surface area contributed by atoms with E-state index in [2.05, 4.69) is 15.7 Å². The molecule has 1 aliphatic rings. The van der Waals surface area contributed by atoms with Crippen LogP contribution in [-0.2, 0) is 25.6 Å². The number of rotatable bonds is 7. The first-order chi connectivity index (χ1) is 13.9. The number of carbonyl (C=O) groups excluding carboxylic acids is 3. The third-order valence-electron chi connectivity index (χ3n) is 4.24. The number of amides is 2. The molecular weight excluding hydrogens is 380 g/mol. The molecule has 1 unspecified atom stereocenters. The molecule has 1 atom stereocenters. The van der Waals surface area contributed by atoms with Gasteiger partial charge < -0.3 is 24.5 Å². The highest BCUT2D eigenvalue weighted by Crippen LogP contribution is 2.28. The number of hydrogen-bond donors (Lipinski definition) is 2. The smallest absolute Gasteiger partial charge is 0.338 e. The highest BCUT2D eigenvalue weighted by Gasteiger charge is 2.35. The van der Waals surface area contributed by atoms with Crippen molar-refractivity contribution < 1.29 is 28.3 Å². The van der Waals surface area contributed by atoms with Crippen LogP contribution in [0.4, 0.5) is 4.79 Å². The summed E-state index contributed by atoms with van der Waals surface area (Å²) in [5, 5.41) is 9.35. The fraction of sp³-hybridized carbons (Fsp3) is 0.368. The molecule has 0 saturated heterocycles. The summed E-state index contributed by atoms with van der Waals surface area (Å²) in [7, 11) is 0. The van der Waals surface area contributed by atoms with Crippen LogP contribution in [0.25, 0.3) is 0 Å². The van der Waals surface area contributed by atoms with E-state index < -0.39 is 24.0 Å². The molecule has 3 heterocycles. The van der Waals surface area contributed by atoms with Gasteiger partial charge in [-0.2, -0.15) is 5.10 Å². The van der Waals surface area contributed by atoms with Crippen LogP contribution in [0.1, 0.15) is 30.1 Å². The van der Waals surface area contributed by atoms with Gasteiger partial charge in [0, 0.05) is 5.69 Å². The first kappa shape index (κ1) is 20.2. The van der Waals surface area contributed by atoms with E-state index in [0.29, 0.717) is 5.76 Å². The summed E-state index contributed by atoms with van der Waals surface area (Å²) in [6, 6.07) is 3.70. The molecule has 0 radical (unpaired) electrons. The molecule has 0 spiro atoms. The maximum atomic E-state index is 12.5. The van der Waals surface area contributed by atoms with E-state index in [9.17, 15) is 14.4 Å². The monoisotopic (exact) mass is 402 g/mol. The second-order valence-corrected chi connectivity index (χ2v) is 6.41. The summed E-state index contributed by atoms with van der Waals surface area (Å²) in [6.45, 7) is 5.07. The van der Waals surface area contributed by atoms with Gasteiger partial charge in [-0.1, -0.05) is 0 Å². The third kappa shape index (κ3) is 4.65. The molecule has 29 heavy (non-hydrogen) atoms. The van der Waals surface area contributed by atoms with Gasteiger partial charge in [0.25, 0.3) is 0 Å². The number of ether oxygens (including phenoxy) is 2. The zero-order valence-electron chi connectivity index (χ0n) is 16.4. The average Bonchev–Trinajstić information content (AvgIpc) is 3.29.